The van der Waals surface area contributed by atoms with Crippen LogP contribution in [0.25, 0.3) is 0 Å². The highest BCUT2D eigenvalue weighted by molar-refractivity contribution is 7.80. The Morgan fingerprint density at radius 1 is 1.41 bits per heavy atom. The van der Waals surface area contributed by atoms with Crippen LogP contribution in [-0.2, 0) is 4.74 Å². The van der Waals surface area contributed by atoms with Gasteiger partial charge in [0, 0.05) is 18.6 Å². The van der Waals surface area contributed by atoms with Crippen molar-refractivity contribution in [1.82, 2.24) is 0 Å². The summed E-state index contributed by atoms with van der Waals surface area (Å²) in [5.41, 5.74) is 6.39. The van der Waals surface area contributed by atoms with Gasteiger partial charge in [-0.2, -0.15) is 0 Å². The van der Waals surface area contributed by atoms with Crippen molar-refractivity contribution in [2.45, 2.75) is 25.4 Å². The van der Waals surface area contributed by atoms with E-state index < -0.39 is 0 Å². The van der Waals surface area contributed by atoms with Crippen molar-refractivity contribution in [2.75, 3.05) is 13.2 Å². The highest BCUT2D eigenvalue weighted by Crippen LogP contribution is 2.17. The minimum atomic E-state index is 0.380. The maximum absolute atomic E-state index is 5.64. The minimum absolute atomic E-state index is 0.380. The van der Waals surface area contributed by atoms with E-state index in [1.807, 2.05) is 24.3 Å². The van der Waals surface area contributed by atoms with Crippen LogP contribution in [0, 0.1) is 0 Å². The molecule has 0 aromatic heterocycles. The number of ether oxygens (including phenoxy) is 2. The van der Waals surface area contributed by atoms with Gasteiger partial charge in [-0.25, -0.2) is 0 Å². The lowest BCUT2D eigenvalue weighted by Gasteiger charge is -2.10. The van der Waals surface area contributed by atoms with E-state index in [0.29, 0.717) is 17.7 Å². The Bertz CT molecular complexity index is 372. The van der Waals surface area contributed by atoms with Crippen molar-refractivity contribution in [1.29, 1.82) is 0 Å². The summed E-state index contributed by atoms with van der Waals surface area (Å²) in [6.45, 7) is 1.59. The standard InChI is InChI=1S/C13H17NO2S/c14-13(17)10-3-5-12(6-4-10)16-9-7-11-2-1-8-15-11/h3-6,11H,1-2,7-9H2,(H2,14,17). The van der Waals surface area contributed by atoms with E-state index in [0.717, 1.165) is 30.8 Å². The van der Waals surface area contributed by atoms with Crippen LogP contribution in [0.1, 0.15) is 24.8 Å². The lowest BCUT2D eigenvalue weighted by atomic mass is 10.2. The molecule has 3 nitrogen and oxygen atoms in total. The molecular weight excluding hydrogens is 234 g/mol. The summed E-state index contributed by atoms with van der Waals surface area (Å²) >= 11 is 4.89. The van der Waals surface area contributed by atoms with Crippen LogP contribution in [-0.4, -0.2) is 24.3 Å². The van der Waals surface area contributed by atoms with E-state index in [2.05, 4.69) is 0 Å². The summed E-state index contributed by atoms with van der Waals surface area (Å²) in [6.07, 6.45) is 3.67. The summed E-state index contributed by atoms with van der Waals surface area (Å²) in [5, 5.41) is 0. The Hall–Kier alpha value is -1.13. The molecule has 1 aromatic rings. The largest absolute Gasteiger partial charge is 0.493 e. The number of rotatable bonds is 5. The molecular formula is C13H17NO2S. The average Bonchev–Trinajstić information content (AvgIpc) is 2.83. The van der Waals surface area contributed by atoms with E-state index in [-0.39, 0.29) is 0 Å². The Labute approximate surface area is 107 Å². The van der Waals surface area contributed by atoms with Gasteiger partial charge in [0.25, 0.3) is 0 Å². The molecule has 1 fully saturated rings. The summed E-state index contributed by atoms with van der Waals surface area (Å²) in [5.74, 6) is 0.850. The van der Waals surface area contributed by atoms with Crippen molar-refractivity contribution in [2.24, 2.45) is 5.73 Å². The lowest BCUT2D eigenvalue weighted by molar-refractivity contribution is 0.0903. The van der Waals surface area contributed by atoms with Gasteiger partial charge in [-0.1, -0.05) is 12.2 Å². The predicted molar refractivity (Wildman–Crippen MR) is 71.4 cm³/mol. The van der Waals surface area contributed by atoms with Crippen molar-refractivity contribution in [3.05, 3.63) is 29.8 Å². The van der Waals surface area contributed by atoms with Gasteiger partial charge in [-0.3, -0.25) is 0 Å². The van der Waals surface area contributed by atoms with Crippen LogP contribution in [0.2, 0.25) is 0 Å². The summed E-state index contributed by atoms with van der Waals surface area (Å²) in [4.78, 5) is 0.413. The summed E-state index contributed by atoms with van der Waals surface area (Å²) in [6, 6.07) is 7.54. The van der Waals surface area contributed by atoms with Crippen LogP contribution in [0.3, 0.4) is 0 Å². The van der Waals surface area contributed by atoms with Crippen molar-refractivity contribution < 1.29 is 9.47 Å². The molecule has 1 unspecified atom stereocenters. The topological polar surface area (TPSA) is 44.5 Å². The average molecular weight is 251 g/mol. The Morgan fingerprint density at radius 3 is 2.76 bits per heavy atom. The smallest absolute Gasteiger partial charge is 0.119 e. The second-order valence-corrected chi connectivity index (χ2v) is 4.60. The van der Waals surface area contributed by atoms with Gasteiger partial charge in [0.05, 0.1) is 12.7 Å². The fraction of sp³-hybridized carbons (Fsp3) is 0.462. The minimum Gasteiger partial charge on any atom is -0.493 e. The molecule has 0 aliphatic carbocycles. The number of thiocarbonyl (C=S) groups is 1. The first-order valence-electron chi connectivity index (χ1n) is 5.90. The molecule has 0 bridgehead atoms. The van der Waals surface area contributed by atoms with E-state index >= 15 is 0 Å². The molecule has 0 radical (unpaired) electrons. The fourth-order valence-corrected chi connectivity index (χ4v) is 2.03. The molecule has 0 spiro atoms. The van der Waals surface area contributed by atoms with Crippen molar-refractivity contribution in [3.63, 3.8) is 0 Å². The molecule has 92 valence electrons. The van der Waals surface area contributed by atoms with E-state index in [1.54, 1.807) is 0 Å². The molecule has 1 aliphatic heterocycles. The number of hydrogen-bond acceptors (Lipinski definition) is 3. The zero-order valence-corrected chi connectivity index (χ0v) is 10.5. The van der Waals surface area contributed by atoms with Gasteiger partial charge >= 0.3 is 0 Å². The van der Waals surface area contributed by atoms with Gasteiger partial charge in [-0.05, 0) is 37.1 Å². The van der Waals surface area contributed by atoms with Crippen LogP contribution in [0.5, 0.6) is 5.75 Å². The second kappa shape index (κ2) is 5.98. The van der Waals surface area contributed by atoms with E-state index in [9.17, 15) is 0 Å². The molecule has 1 aromatic carbocycles. The molecule has 4 heteroatoms. The molecule has 2 rings (SSSR count). The first-order valence-corrected chi connectivity index (χ1v) is 6.31. The summed E-state index contributed by atoms with van der Waals surface area (Å²) < 4.78 is 11.2. The molecule has 17 heavy (non-hydrogen) atoms. The zero-order chi connectivity index (χ0) is 12.1. The number of benzene rings is 1. The predicted octanol–water partition coefficient (Wildman–Crippen LogP) is 2.27. The van der Waals surface area contributed by atoms with Crippen LogP contribution < -0.4 is 10.5 Å². The normalized spacial score (nSPS) is 19.2. The molecule has 1 atom stereocenters. The van der Waals surface area contributed by atoms with Crippen LogP contribution in [0.15, 0.2) is 24.3 Å². The van der Waals surface area contributed by atoms with Gasteiger partial charge in [0.2, 0.25) is 0 Å². The third-order valence-electron chi connectivity index (χ3n) is 2.87. The lowest BCUT2D eigenvalue weighted by Crippen LogP contribution is -2.11. The van der Waals surface area contributed by atoms with Crippen LogP contribution >= 0.6 is 12.2 Å². The van der Waals surface area contributed by atoms with Crippen LogP contribution in [0.4, 0.5) is 0 Å². The molecule has 1 heterocycles. The SMILES string of the molecule is NC(=S)c1ccc(OCCC2CCCO2)cc1. The monoisotopic (exact) mass is 251 g/mol. The molecule has 1 aliphatic rings. The quantitative estimate of drug-likeness (QED) is 0.815. The van der Waals surface area contributed by atoms with E-state index in [4.69, 9.17) is 27.4 Å². The zero-order valence-electron chi connectivity index (χ0n) is 9.72. The third-order valence-corrected chi connectivity index (χ3v) is 3.11. The highest BCUT2D eigenvalue weighted by atomic mass is 32.1. The Morgan fingerprint density at radius 2 is 2.18 bits per heavy atom. The third kappa shape index (κ3) is 3.68. The van der Waals surface area contributed by atoms with E-state index in [1.165, 1.54) is 6.42 Å². The molecule has 0 saturated carbocycles. The number of hydrogen-bond donors (Lipinski definition) is 1. The van der Waals surface area contributed by atoms with Gasteiger partial charge in [0.15, 0.2) is 0 Å². The molecule has 0 amide bonds. The first-order chi connectivity index (χ1) is 8.25. The Balaban J connectivity index is 1.76. The molecule has 1 saturated heterocycles. The first kappa shape index (κ1) is 12.3. The van der Waals surface area contributed by atoms with Gasteiger partial charge in [0.1, 0.15) is 10.7 Å². The Kier molecular flexibility index (Phi) is 4.34. The molecule has 2 N–H and O–H groups in total. The van der Waals surface area contributed by atoms with Crippen molar-refractivity contribution >= 4 is 17.2 Å². The summed E-state index contributed by atoms with van der Waals surface area (Å²) in [7, 11) is 0. The number of nitrogens with two attached hydrogens (primary N) is 1. The van der Waals surface area contributed by atoms with Crippen molar-refractivity contribution in [3.8, 4) is 5.75 Å². The fourth-order valence-electron chi connectivity index (χ4n) is 1.90. The van der Waals surface area contributed by atoms with Gasteiger partial charge < -0.3 is 15.2 Å². The second-order valence-electron chi connectivity index (χ2n) is 4.16. The highest BCUT2D eigenvalue weighted by Gasteiger charge is 2.14. The maximum Gasteiger partial charge on any atom is 0.119 e. The maximum atomic E-state index is 5.64. The van der Waals surface area contributed by atoms with Gasteiger partial charge in [-0.15, -0.1) is 0 Å².